The van der Waals surface area contributed by atoms with Gasteiger partial charge in [-0.2, -0.15) is 14.0 Å². The number of carbonyl (C=O) groups excluding carboxylic acids is 1. The largest absolute Gasteiger partial charge is 0.472 e. The van der Waals surface area contributed by atoms with Gasteiger partial charge in [0.1, 0.15) is 6.10 Å². The SMILES string of the molecule is CCS(=O)(=O)c1ccc([C@H](CC#N)NC(=O)c2ccc(N3C[C@@H](Oc4ccc(C5CC5)cn4)C[C@H]3COC(F)F)cc2)cc1. The molecule has 1 saturated heterocycles. The monoisotopic (exact) mass is 624 g/mol. The fourth-order valence-corrected chi connectivity index (χ4v) is 6.26. The van der Waals surface area contributed by atoms with Crippen LogP contribution in [0.5, 0.6) is 5.88 Å². The van der Waals surface area contributed by atoms with Crippen molar-refractivity contribution in [3.8, 4) is 11.9 Å². The first-order valence-corrected chi connectivity index (χ1v) is 16.2. The number of carbonyl (C=O) groups is 1. The summed E-state index contributed by atoms with van der Waals surface area (Å²) in [5, 5.41) is 12.2. The predicted molar refractivity (Wildman–Crippen MR) is 159 cm³/mol. The summed E-state index contributed by atoms with van der Waals surface area (Å²) in [7, 11) is -3.38. The molecule has 2 heterocycles. The average Bonchev–Trinajstić information content (AvgIpc) is 3.80. The van der Waals surface area contributed by atoms with Gasteiger partial charge in [-0.25, -0.2) is 13.4 Å². The summed E-state index contributed by atoms with van der Waals surface area (Å²) in [6.07, 6.45) is 4.32. The predicted octanol–water partition coefficient (Wildman–Crippen LogP) is 5.40. The van der Waals surface area contributed by atoms with E-state index < -0.39 is 28.4 Å². The molecule has 0 radical (unpaired) electrons. The summed E-state index contributed by atoms with van der Waals surface area (Å²) in [4.78, 5) is 19.6. The van der Waals surface area contributed by atoms with E-state index in [4.69, 9.17) is 4.74 Å². The summed E-state index contributed by atoms with van der Waals surface area (Å²) < 4.78 is 60.9. The van der Waals surface area contributed by atoms with Crippen LogP contribution in [-0.2, 0) is 14.6 Å². The number of amides is 1. The third-order valence-electron chi connectivity index (χ3n) is 7.97. The van der Waals surface area contributed by atoms with Crippen molar-refractivity contribution in [1.82, 2.24) is 10.3 Å². The molecule has 1 N–H and O–H groups in total. The van der Waals surface area contributed by atoms with Crippen molar-refractivity contribution in [3.05, 3.63) is 83.6 Å². The molecule has 0 unspecified atom stereocenters. The number of nitriles is 1. The number of halogens is 2. The van der Waals surface area contributed by atoms with Crippen molar-refractivity contribution in [2.24, 2.45) is 0 Å². The highest BCUT2D eigenvalue weighted by Gasteiger charge is 2.35. The molecule has 2 aliphatic rings. The summed E-state index contributed by atoms with van der Waals surface area (Å²) in [5.41, 5.74) is 2.85. The van der Waals surface area contributed by atoms with Crippen molar-refractivity contribution in [2.75, 3.05) is 23.8 Å². The Bertz CT molecular complexity index is 1570. The van der Waals surface area contributed by atoms with E-state index in [-0.39, 0.29) is 35.8 Å². The highest BCUT2D eigenvalue weighted by Crippen LogP contribution is 2.40. The van der Waals surface area contributed by atoms with E-state index in [1.807, 2.05) is 23.2 Å². The van der Waals surface area contributed by atoms with Crippen LogP contribution in [-0.4, -0.2) is 57.0 Å². The number of hydrogen-bond donors (Lipinski definition) is 1. The third-order valence-corrected chi connectivity index (χ3v) is 9.72. The summed E-state index contributed by atoms with van der Waals surface area (Å²) in [6, 6.07) is 17.8. The van der Waals surface area contributed by atoms with E-state index in [0.29, 0.717) is 41.6 Å². The van der Waals surface area contributed by atoms with Crippen LogP contribution >= 0.6 is 0 Å². The minimum atomic E-state index is -3.38. The number of nitrogens with zero attached hydrogens (tertiary/aromatic N) is 3. The van der Waals surface area contributed by atoms with Crippen molar-refractivity contribution in [1.29, 1.82) is 5.26 Å². The first-order valence-electron chi connectivity index (χ1n) is 14.6. The maximum Gasteiger partial charge on any atom is 0.345 e. The normalized spacial score (nSPS) is 19.0. The lowest BCUT2D eigenvalue weighted by molar-refractivity contribution is -0.131. The molecular formula is C32H34F2N4O5S. The Morgan fingerprint density at radius 3 is 2.43 bits per heavy atom. The van der Waals surface area contributed by atoms with Crippen LogP contribution in [0, 0.1) is 11.3 Å². The third kappa shape index (κ3) is 7.70. The molecule has 2 fully saturated rings. The van der Waals surface area contributed by atoms with Crippen molar-refractivity contribution < 1.29 is 31.5 Å². The van der Waals surface area contributed by atoms with Gasteiger partial charge in [0.05, 0.1) is 48.4 Å². The molecule has 1 saturated carbocycles. The number of sulfone groups is 1. The first-order chi connectivity index (χ1) is 21.2. The molecule has 0 spiro atoms. The Balaban J connectivity index is 1.25. The van der Waals surface area contributed by atoms with Crippen LogP contribution in [0.2, 0.25) is 0 Å². The van der Waals surface area contributed by atoms with Crippen molar-refractivity contribution in [2.45, 2.75) is 68.2 Å². The fourth-order valence-electron chi connectivity index (χ4n) is 5.37. The van der Waals surface area contributed by atoms with Gasteiger partial charge in [-0.3, -0.25) is 4.79 Å². The molecule has 12 heteroatoms. The van der Waals surface area contributed by atoms with Crippen LogP contribution in [0.4, 0.5) is 14.5 Å². The second-order valence-corrected chi connectivity index (χ2v) is 13.3. The lowest BCUT2D eigenvalue weighted by Crippen LogP contribution is -2.34. The highest BCUT2D eigenvalue weighted by molar-refractivity contribution is 7.91. The number of hydrogen-bond acceptors (Lipinski definition) is 8. The van der Waals surface area contributed by atoms with Crippen LogP contribution in [0.15, 0.2) is 71.8 Å². The van der Waals surface area contributed by atoms with Gasteiger partial charge in [0.15, 0.2) is 9.84 Å². The Hall–Kier alpha value is -4.08. The highest BCUT2D eigenvalue weighted by atomic mass is 32.2. The number of anilines is 1. The number of alkyl halides is 2. The van der Waals surface area contributed by atoms with Crippen molar-refractivity contribution >= 4 is 21.4 Å². The summed E-state index contributed by atoms with van der Waals surface area (Å²) in [6.45, 7) is -1.11. The van der Waals surface area contributed by atoms with Crippen molar-refractivity contribution in [3.63, 3.8) is 0 Å². The Kier molecular flexibility index (Phi) is 9.76. The van der Waals surface area contributed by atoms with Crippen LogP contribution in [0.25, 0.3) is 0 Å². The summed E-state index contributed by atoms with van der Waals surface area (Å²) >= 11 is 0. The lowest BCUT2D eigenvalue weighted by atomic mass is 10.0. The zero-order valence-corrected chi connectivity index (χ0v) is 25.1. The van der Waals surface area contributed by atoms with Gasteiger partial charge in [0, 0.05) is 29.9 Å². The summed E-state index contributed by atoms with van der Waals surface area (Å²) in [5.74, 6) is 0.616. The number of nitrogens with one attached hydrogen (secondary N) is 1. The van der Waals surface area contributed by atoms with E-state index in [1.165, 1.54) is 30.5 Å². The Labute approximate surface area is 255 Å². The van der Waals surface area contributed by atoms with Gasteiger partial charge < -0.3 is 19.7 Å². The zero-order valence-electron chi connectivity index (χ0n) is 24.2. The molecule has 232 valence electrons. The standard InChI is InChI=1S/C32H34F2N4O5S/c1-2-44(40,41)28-12-7-22(8-13-28)29(15-16-35)37-31(39)23-5-10-25(11-6-23)38-19-27(17-26(38)20-42-32(33)34)43-30-14-9-24(18-36-30)21-3-4-21/h5-14,18,21,26-27,29,32H,2-4,15,17,19-20H2,1H3,(H,37,39)/t26-,27-,29-/m0/s1. The molecule has 1 aliphatic carbocycles. The lowest BCUT2D eigenvalue weighted by Gasteiger charge is -2.26. The topological polar surface area (TPSA) is 122 Å². The Morgan fingerprint density at radius 2 is 1.84 bits per heavy atom. The van der Waals surface area contributed by atoms with E-state index >= 15 is 0 Å². The number of ether oxygens (including phenoxy) is 2. The second kappa shape index (κ2) is 13.7. The first kappa shape index (κ1) is 31.3. The number of pyridine rings is 1. The van der Waals surface area contributed by atoms with Gasteiger partial charge in [0.2, 0.25) is 5.88 Å². The number of benzene rings is 2. The van der Waals surface area contributed by atoms with Gasteiger partial charge in [0.25, 0.3) is 5.91 Å². The zero-order chi connectivity index (χ0) is 31.3. The molecule has 1 amide bonds. The van der Waals surface area contributed by atoms with Gasteiger partial charge >= 0.3 is 6.61 Å². The van der Waals surface area contributed by atoms with E-state index in [0.717, 1.165) is 0 Å². The molecule has 3 aromatic rings. The minimum Gasteiger partial charge on any atom is -0.472 e. The number of rotatable bonds is 13. The fraction of sp³-hybridized carbons (Fsp3) is 0.406. The molecule has 5 rings (SSSR count). The maximum absolute atomic E-state index is 13.1. The quantitative estimate of drug-likeness (QED) is 0.268. The van der Waals surface area contributed by atoms with Gasteiger partial charge in [-0.15, -0.1) is 0 Å². The van der Waals surface area contributed by atoms with Crippen LogP contribution < -0.4 is 15.0 Å². The average molecular weight is 625 g/mol. The molecule has 44 heavy (non-hydrogen) atoms. The molecule has 0 bridgehead atoms. The van der Waals surface area contributed by atoms with E-state index in [2.05, 4.69) is 21.1 Å². The van der Waals surface area contributed by atoms with Crippen LogP contribution in [0.3, 0.4) is 0 Å². The van der Waals surface area contributed by atoms with Crippen LogP contribution in [0.1, 0.15) is 66.1 Å². The maximum atomic E-state index is 13.1. The minimum absolute atomic E-state index is 0.0111. The van der Waals surface area contributed by atoms with Gasteiger partial charge in [-0.05, 0) is 66.3 Å². The second-order valence-electron chi connectivity index (χ2n) is 11.0. The molecule has 3 atom stereocenters. The molecule has 1 aliphatic heterocycles. The molecule has 2 aromatic carbocycles. The smallest absolute Gasteiger partial charge is 0.345 e. The van der Waals surface area contributed by atoms with E-state index in [1.54, 1.807) is 43.3 Å². The van der Waals surface area contributed by atoms with Gasteiger partial charge in [-0.1, -0.05) is 25.1 Å². The molecule has 9 nitrogen and oxygen atoms in total. The Morgan fingerprint density at radius 1 is 1.11 bits per heavy atom. The van der Waals surface area contributed by atoms with E-state index in [9.17, 15) is 27.3 Å². The molecular weight excluding hydrogens is 590 g/mol. The number of aromatic nitrogens is 1. The molecule has 1 aromatic heterocycles.